The molecule has 0 heterocycles. The lowest BCUT2D eigenvalue weighted by molar-refractivity contribution is 0.259. The van der Waals surface area contributed by atoms with Crippen LogP contribution in [-0.4, -0.2) is 11.1 Å². The van der Waals surface area contributed by atoms with Gasteiger partial charge in [0.05, 0.1) is 12.1 Å². The van der Waals surface area contributed by atoms with Crippen LogP contribution in [-0.2, 0) is 0 Å². The van der Waals surface area contributed by atoms with Gasteiger partial charge in [0.25, 0.3) is 0 Å². The van der Waals surface area contributed by atoms with E-state index >= 15 is 0 Å². The maximum atomic E-state index is 3.94. The van der Waals surface area contributed by atoms with Crippen molar-refractivity contribution in [2.75, 3.05) is 0 Å². The van der Waals surface area contributed by atoms with Gasteiger partial charge in [0, 0.05) is 11.1 Å². The lowest BCUT2D eigenvalue weighted by atomic mass is 9.87. The summed E-state index contributed by atoms with van der Waals surface area (Å²) in [6, 6.07) is 31.2. The molecule has 0 fully saturated rings. The molecule has 0 unspecified atom stereocenters. The molecule has 0 bridgehead atoms. The Bertz CT molecular complexity index is 1110. The minimum Gasteiger partial charge on any atom is -0.304 e. The Morgan fingerprint density at radius 2 is 0.812 bits per heavy atom. The van der Waals surface area contributed by atoms with Crippen LogP contribution >= 0.6 is 0 Å². The van der Waals surface area contributed by atoms with Gasteiger partial charge in [0.2, 0.25) is 0 Å². The van der Waals surface area contributed by atoms with Gasteiger partial charge < -0.3 is 10.6 Å². The highest BCUT2D eigenvalue weighted by atomic mass is 15.1. The van der Waals surface area contributed by atoms with Gasteiger partial charge in [-0.25, -0.2) is 0 Å². The summed E-state index contributed by atoms with van der Waals surface area (Å²) < 4.78 is 0. The summed E-state index contributed by atoms with van der Waals surface area (Å²) in [5.74, 6) is 0. The van der Waals surface area contributed by atoms with Crippen LogP contribution in [0.25, 0.3) is 21.5 Å². The predicted molar refractivity (Wildman–Crippen MR) is 139 cm³/mol. The maximum Gasteiger partial charge on any atom is 0.0522 e. The first-order chi connectivity index (χ1) is 15.1. The van der Waals surface area contributed by atoms with E-state index in [0.717, 1.165) is 0 Å². The van der Waals surface area contributed by atoms with Crippen molar-refractivity contribution in [3.8, 4) is 0 Å². The van der Waals surface area contributed by atoms with Gasteiger partial charge in [-0.2, -0.15) is 0 Å². The van der Waals surface area contributed by atoms with Crippen molar-refractivity contribution in [2.45, 2.75) is 64.7 Å². The van der Waals surface area contributed by atoms with E-state index in [2.05, 4.69) is 137 Å². The maximum absolute atomic E-state index is 3.94. The van der Waals surface area contributed by atoms with Crippen LogP contribution in [0.5, 0.6) is 0 Å². The molecule has 0 saturated heterocycles. The minimum absolute atomic E-state index is 0.0367. The summed E-state index contributed by atoms with van der Waals surface area (Å²) in [6.07, 6.45) is 0. The van der Waals surface area contributed by atoms with Crippen molar-refractivity contribution >= 4 is 21.5 Å². The molecule has 0 spiro atoms. The molecule has 2 N–H and O–H groups in total. The van der Waals surface area contributed by atoms with Crippen molar-refractivity contribution in [1.82, 2.24) is 10.6 Å². The van der Waals surface area contributed by atoms with Crippen molar-refractivity contribution < 1.29 is 0 Å². The summed E-state index contributed by atoms with van der Waals surface area (Å²) in [4.78, 5) is 0. The zero-order chi connectivity index (χ0) is 22.9. The zero-order valence-electron chi connectivity index (χ0n) is 20.2. The summed E-state index contributed by atoms with van der Waals surface area (Å²) >= 11 is 0. The molecule has 0 aliphatic carbocycles. The highest BCUT2D eigenvalue weighted by Crippen LogP contribution is 2.35. The Hall–Kier alpha value is -2.68. The Labute approximate surface area is 193 Å². The highest BCUT2D eigenvalue weighted by molar-refractivity contribution is 5.84. The molecule has 2 atom stereocenters. The van der Waals surface area contributed by atoms with Crippen LogP contribution in [0.1, 0.15) is 64.8 Å². The Kier molecular flexibility index (Phi) is 6.11. The monoisotopic (exact) mass is 424 g/mol. The predicted octanol–water partition coefficient (Wildman–Crippen LogP) is 7.55. The molecular formula is C30H36N2. The first-order valence-corrected chi connectivity index (χ1v) is 11.6. The van der Waals surface area contributed by atoms with E-state index in [4.69, 9.17) is 0 Å². The molecule has 2 heteroatoms. The molecule has 2 nitrogen and oxygen atoms in total. The fourth-order valence-corrected chi connectivity index (χ4v) is 4.45. The fourth-order valence-electron chi connectivity index (χ4n) is 4.45. The number of fused-ring (bicyclic) bond motifs is 2. The zero-order valence-corrected chi connectivity index (χ0v) is 20.2. The number of hydrogen-bond acceptors (Lipinski definition) is 2. The van der Waals surface area contributed by atoms with Crippen LogP contribution in [0.4, 0.5) is 0 Å². The first-order valence-electron chi connectivity index (χ1n) is 11.6. The van der Waals surface area contributed by atoms with E-state index < -0.39 is 0 Å². The normalized spacial score (nSPS) is 14.6. The van der Waals surface area contributed by atoms with E-state index in [9.17, 15) is 0 Å². The van der Waals surface area contributed by atoms with Gasteiger partial charge in [-0.3, -0.25) is 0 Å². The number of hydrogen-bond donors (Lipinski definition) is 2. The van der Waals surface area contributed by atoms with Crippen LogP contribution in [0.15, 0.2) is 84.9 Å². The smallest absolute Gasteiger partial charge is 0.0522 e. The molecule has 0 aliphatic heterocycles. The Morgan fingerprint density at radius 3 is 1.16 bits per heavy atom. The lowest BCUT2D eigenvalue weighted by Crippen LogP contribution is -2.48. The Balaban J connectivity index is 1.86. The second-order valence-electron chi connectivity index (χ2n) is 11.0. The first kappa shape index (κ1) is 22.5. The van der Waals surface area contributed by atoms with Crippen molar-refractivity contribution in [2.24, 2.45) is 0 Å². The molecule has 4 aromatic carbocycles. The molecule has 166 valence electrons. The van der Waals surface area contributed by atoms with Gasteiger partial charge >= 0.3 is 0 Å². The molecule has 0 aromatic heterocycles. The average molecular weight is 425 g/mol. The molecule has 0 saturated carbocycles. The second-order valence-corrected chi connectivity index (χ2v) is 11.0. The quantitative estimate of drug-likeness (QED) is 0.345. The summed E-state index contributed by atoms with van der Waals surface area (Å²) in [6.45, 7) is 13.5. The van der Waals surface area contributed by atoms with E-state index in [1.807, 2.05) is 0 Å². The summed E-state index contributed by atoms with van der Waals surface area (Å²) in [5, 5.41) is 13.0. The number of nitrogens with one attached hydrogen (secondary N) is 2. The van der Waals surface area contributed by atoms with Crippen LogP contribution in [0.2, 0.25) is 0 Å². The molecular weight excluding hydrogens is 388 g/mol. The lowest BCUT2D eigenvalue weighted by Gasteiger charge is -2.39. The molecule has 4 rings (SSSR count). The van der Waals surface area contributed by atoms with E-state index in [1.54, 1.807) is 0 Å². The van der Waals surface area contributed by atoms with Gasteiger partial charge in [0.15, 0.2) is 0 Å². The van der Waals surface area contributed by atoms with E-state index in [1.165, 1.54) is 32.7 Å². The van der Waals surface area contributed by atoms with Gasteiger partial charge in [-0.05, 0) is 86.3 Å². The fraction of sp³-hybridized carbons (Fsp3) is 0.333. The largest absolute Gasteiger partial charge is 0.304 e. The van der Waals surface area contributed by atoms with Crippen LogP contribution in [0, 0.1) is 0 Å². The van der Waals surface area contributed by atoms with Crippen LogP contribution < -0.4 is 10.6 Å². The third-order valence-corrected chi connectivity index (χ3v) is 5.78. The molecule has 0 radical (unpaired) electrons. The Morgan fingerprint density at radius 1 is 0.469 bits per heavy atom. The van der Waals surface area contributed by atoms with Gasteiger partial charge in [-0.1, -0.05) is 72.8 Å². The number of benzene rings is 4. The summed E-state index contributed by atoms with van der Waals surface area (Å²) in [7, 11) is 0. The average Bonchev–Trinajstić information content (AvgIpc) is 2.74. The molecule has 32 heavy (non-hydrogen) atoms. The highest BCUT2D eigenvalue weighted by Gasteiger charge is 2.31. The van der Waals surface area contributed by atoms with Crippen molar-refractivity contribution in [1.29, 1.82) is 0 Å². The van der Waals surface area contributed by atoms with Gasteiger partial charge in [-0.15, -0.1) is 0 Å². The minimum atomic E-state index is -0.0367. The summed E-state index contributed by atoms with van der Waals surface area (Å²) in [5.41, 5.74) is 2.53. The third kappa shape index (κ3) is 5.38. The number of rotatable bonds is 5. The van der Waals surface area contributed by atoms with Gasteiger partial charge in [0.1, 0.15) is 0 Å². The van der Waals surface area contributed by atoms with Crippen molar-refractivity contribution in [3.63, 3.8) is 0 Å². The SMILES string of the molecule is CC(C)(C)N[C@H](c1ccc2ccccc2c1)[C@H](NC(C)(C)C)c1ccc2ccccc2c1. The molecule has 4 aromatic rings. The second kappa shape index (κ2) is 8.69. The molecule has 0 amide bonds. The van der Waals surface area contributed by atoms with E-state index in [0.29, 0.717) is 0 Å². The van der Waals surface area contributed by atoms with Crippen molar-refractivity contribution in [3.05, 3.63) is 96.1 Å². The topological polar surface area (TPSA) is 24.1 Å². The molecule has 0 aliphatic rings. The third-order valence-electron chi connectivity index (χ3n) is 5.78. The van der Waals surface area contributed by atoms with E-state index in [-0.39, 0.29) is 23.2 Å². The standard InChI is InChI=1S/C30H36N2/c1-29(2,3)31-27(25-17-15-21-11-7-9-13-23(21)19-25)28(32-30(4,5)6)26-18-16-22-12-8-10-14-24(22)20-26/h7-20,27-28,31-32H,1-6H3/t27-,28-/m1/s1. The van der Waals surface area contributed by atoms with Crippen LogP contribution in [0.3, 0.4) is 0 Å².